The van der Waals surface area contributed by atoms with E-state index in [4.69, 9.17) is 0 Å². The fraction of sp³-hybridized carbons (Fsp3) is 0.400. The lowest BCUT2D eigenvalue weighted by atomic mass is 10.1. The van der Waals surface area contributed by atoms with Crippen molar-refractivity contribution in [2.45, 2.75) is 20.0 Å². The van der Waals surface area contributed by atoms with Gasteiger partial charge in [0.2, 0.25) is 5.91 Å². The summed E-state index contributed by atoms with van der Waals surface area (Å²) in [5, 5.41) is 16.3. The molecule has 34 heavy (non-hydrogen) atoms. The van der Waals surface area contributed by atoms with Crippen LogP contribution in [-0.2, 0) is 4.79 Å². The fourth-order valence-electron chi connectivity index (χ4n) is 4.20. The molecule has 2 heterocycles. The minimum absolute atomic E-state index is 0.00978. The van der Waals surface area contributed by atoms with Crippen molar-refractivity contribution in [2.24, 2.45) is 0 Å². The molecule has 3 aromatic rings. The quantitative estimate of drug-likeness (QED) is 0.457. The second kappa shape index (κ2) is 11.1. The molecule has 0 spiro atoms. The van der Waals surface area contributed by atoms with E-state index in [9.17, 15) is 14.7 Å². The van der Waals surface area contributed by atoms with E-state index in [-0.39, 0.29) is 18.4 Å². The summed E-state index contributed by atoms with van der Waals surface area (Å²) in [6.45, 7) is 8.05. The van der Waals surface area contributed by atoms with Crippen LogP contribution < -0.4 is 10.6 Å². The average Bonchev–Trinajstić information content (AvgIpc) is 3.29. The molecular weight excluding hydrogens is 450 g/mol. The summed E-state index contributed by atoms with van der Waals surface area (Å²) in [6, 6.07) is 11.4. The number of carbonyl (C=O) groups excluding carboxylic acids is 2. The number of carbonyl (C=O) groups is 2. The first-order valence-electron chi connectivity index (χ1n) is 11.5. The molecule has 9 heteroatoms. The van der Waals surface area contributed by atoms with Crippen molar-refractivity contribution < 1.29 is 14.7 Å². The van der Waals surface area contributed by atoms with Gasteiger partial charge < -0.3 is 15.7 Å². The molecule has 0 saturated carbocycles. The number of nitrogens with zero attached hydrogens (tertiary/aromatic N) is 3. The minimum Gasteiger partial charge on any atom is -0.390 e. The van der Waals surface area contributed by atoms with Gasteiger partial charge in [-0.3, -0.25) is 19.4 Å². The number of nitrogens with one attached hydrogen (secondary N) is 2. The summed E-state index contributed by atoms with van der Waals surface area (Å²) in [6.07, 6.45) is -0.661. The standard InChI is InChI=1S/C25H31N5O3S/c1-17-4-3-5-18(2)24(17)28-23(32)15-30-10-8-29(9-11-30)14-20(31)13-26-25(33)19-6-7-22-21(12-19)27-16-34-22/h3-7,12,16,20,31H,8-11,13-15H2,1-2H3,(H,26,33)(H,28,32). The van der Waals surface area contributed by atoms with Crippen molar-refractivity contribution in [3.63, 3.8) is 0 Å². The highest BCUT2D eigenvalue weighted by Gasteiger charge is 2.21. The molecule has 1 unspecified atom stereocenters. The Kier molecular flexibility index (Phi) is 7.89. The third-order valence-electron chi connectivity index (χ3n) is 6.14. The Morgan fingerprint density at radius 3 is 2.53 bits per heavy atom. The van der Waals surface area contributed by atoms with Gasteiger partial charge in [-0.1, -0.05) is 18.2 Å². The number of fused-ring (bicyclic) bond motifs is 1. The topological polar surface area (TPSA) is 97.8 Å². The maximum Gasteiger partial charge on any atom is 0.251 e. The Balaban J connectivity index is 1.17. The zero-order valence-corrected chi connectivity index (χ0v) is 20.4. The highest BCUT2D eigenvalue weighted by molar-refractivity contribution is 7.16. The van der Waals surface area contributed by atoms with Gasteiger partial charge in [-0.2, -0.15) is 0 Å². The lowest BCUT2D eigenvalue weighted by Gasteiger charge is -2.35. The number of benzene rings is 2. The summed E-state index contributed by atoms with van der Waals surface area (Å²) in [7, 11) is 0. The molecule has 0 aliphatic carbocycles. The van der Waals surface area contributed by atoms with Crippen LogP contribution in [-0.4, -0.2) is 83.6 Å². The molecule has 2 amide bonds. The van der Waals surface area contributed by atoms with Crippen LogP contribution in [0.3, 0.4) is 0 Å². The Morgan fingerprint density at radius 2 is 1.79 bits per heavy atom. The molecule has 8 nitrogen and oxygen atoms in total. The van der Waals surface area contributed by atoms with Gasteiger partial charge in [-0.25, -0.2) is 4.98 Å². The third-order valence-corrected chi connectivity index (χ3v) is 6.95. The van der Waals surface area contributed by atoms with Crippen LogP contribution in [0.2, 0.25) is 0 Å². The van der Waals surface area contributed by atoms with E-state index in [0.29, 0.717) is 18.7 Å². The van der Waals surface area contributed by atoms with Crippen LogP contribution >= 0.6 is 11.3 Å². The summed E-state index contributed by atoms with van der Waals surface area (Å²) in [5.74, 6) is -0.224. The fourth-order valence-corrected chi connectivity index (χ4v) is 4.86. The van der Waals surface area contributed by atoms with Crippen molar-refractivity contribution in [3.05, 3.63) is 58.6 Å². The van der Waals surface area contributed by atoms with Crippen molar-refractivity contribution in [2.75, 3.05) is 51.1 Å². The molecule has 1 aliphatic heterocycles. The smallest absolute Gasteiger partial charge is 0.251 e. The molecule has 0 bridgehead atoms. The number of anilines is 1. The molecule has 1 fully saturated rings. The average molecular weight is 482 g/mol. The van der Waals surface area contributed by atoms with E-state index in [1.165, 1.54) is 11.3 Å². The van der Waals surface area contributed by atoms with Crippen LogP contribution in [0.4, 0.5) is 5.69 Å². The Bertz CT molecular complexity index is 1140. The summed E-state index contributed by atoms with van der Waals surface area (Å²) in [4.78, 5) is 33.5. The number of hydrogen-bond acceptors (Lipinski definition) is 7. The van der Waals surface area contributed by atoms with E-state index >= 15 is 0 Å². The molecule has 2 aromatic carbocycles. The number of amides is 2. The van der Waals surface area contributed by atoms with E-state index in [0.717, 1.165) is 53.2 Å². The second-order valence-electron chi connectivity index (χ2n) is 8.79. The van der Waals surface area contributed by atoms with Crippen LogP contribution in [0, 0.1) is 13.8 Å². The maximum absolute atomic E-state index is 12.5. The molecule has 180 valence electrons. The zero-order valence-electron chi connectivity index (χ0n) is 19.6. The van der Waals surface area contributed by atoms with Gasteiger partial charge >= 0.3 is 0 Å². The highest BCUT2D eigenvalue weighted by Crippen LogP contribution is 2.20. The number of para-hydroxylation sites is 1. The number of hydrogen-bond donors (Lipinski definition) is 3. The van der Waals surface area contributed by atoms with Crippen molar-refractivity contribution in [1.82, 2.24) is 20.1 Å². The van der Waals surface area contributed by atoms with Crippen LogP contribution in [0.1, 0.15) is 21.5 Å². The first-order chi connectivity index (χ1) is 16.4. The maximum atomic E-state index is 12.5. The van der Waals surface area contributed by atoms with E-state index in [2.05, 4.69) is 25.4 Å². The first-order valence-corrected chi connectivity index (χ1v) is 12.4. The predicted octanol–water partition coefficient (Wildman–Crippen LogP) is 2.26. The number of aliphatic hydroxyl groups excluding tert-OH is 1. The van der Waals surface area contributed by atoms with Crippen molar-refractivity contribution in [3.8, 4) is 0 Å². The number of rotatable bonds is 8. The molecular formula is C25H31N5O3S. The highest BCUT2D eigenvalue weighted by atomic mass is 32.1. The van der Waals surface area contributed by atoms with Gasteiger partial charge in [0, 0.05) is 50.5 Å². The largest absolute Gasteiger partial charge is 0.390 e. The number of aryl methyl sites for hydroxylation is 2. The van der Waals surface area contributed by atoms with E-state index in [1.807, 2.05) is 38.1 Å². The number of β-amino-alcohol motifs (C(OH)–C–C–N with tert-alkyl or cyclic N) is 1. The molecule has 1 atom stereocenters. The van der Waals surface area contributed by atoms with E-state index in [1.54, 1.807) is 17.6 Å². The minimum atomic E-state index is -0.661. The van der Waals surface area contributed by atoms with E-state index < -0.39 is 6.10 Å². The molecule has 3 N–H and O–H groups in total. The number of piperazine rings is 1. The van der Waals surface area contributed by atoms with Gasteiger partial charge in [-0.05, 0) is 43.2 Å². The molecule has 1 aliphatic rings. The molecule has 1 aromatic heterocycles. The van der Waals surface area contributed by atoms with Gasteiger partial charge in [0.25, 0.3) is 5.91 Å². The SMILES string of the molecule is Cc1cccc(C)c1NC(=O)CN1CCN(CC(O)CNC(=O)c2ccc3scnc3c2)CC1. The summed E-state index contributed by atoms with van der Waals surface area (Å²) >= 11 is 1.54. The van der Waals surface area contributed by atoms with Crippen LogP contribution in [0.5, 0.6) is 0 Å². The summed E-state index contributed by atoms with van der Waals surface area (Å²) < 4.78 is 1.04. The Morgan fingerprint density at radius 1 is 1.09 bits per heavy atom. The third kappa shape index (κ3) is 6.18. The van der Waals surface area contributed by atoms with Gasteiger partial charge in [0.1, 0.15) is 0 Å². The normalized spacial score (nSPS) is 15.9. The van der Waals surface area contributed by atoms with Gasteiger partial charge in [0.15, 0.2) is 0 Å². The van der Waals surface area contributed by atoms with Gasteiger partial charge in [0.05, 0.1) is 28.4 Å². The van der Waals surface area contributed by atoms with Crippen molar-refractivity contribution >= 4 is 39.1 Å². The lowest BCUT2D eigenvalue weighted by Crippen LogP contribution is -2.51. The Labute approximate surface area is 203 Å². The molecule has 1 saturated heterocycles. The predicted molar refractivity (Wildman–Crippen MR) is 135 cm³/mol. The number of thiazole rings is 1. The molecule has 0 radical (unpaired) electrons. The monoisotopic (exact) mass is 481 g/mol. The summed E-state index contributed by atoms with van der Waals surface area (Å²) in [5.41, 5.74) is 6.11. The zero-order chi connectivity index (χ0) is 24.1. The first kappa shape index (κ1) is 24.3. The van der Waals surface area contributed by atoms with Crippen molar-refractivity contribution in [1.29, 1.82) is 0 Å². The lowest BCUT2D eigenvalue weighted by molar-refractivity contribution is -0.117. The number of aliphatic hydroxyl groups is 1. The number of aromatic nitrogens is 1. The second-order valence-corrected chi connectivity index (χ2v) is 9.68. The van der Waals surface area contributed by atoms with Crippen LogP contribution in [0.15, 0.2) is 41.9 Å². The Hall–Kier alpha value is -2.85. The van der Waals surface area contributed by atoms with Crippen LogP contribution in [0.25, 0.3) is 10.2 Å². The molecule has 4 rings (SSSR count). The van der Waals surface area contributed by atoms with Gasteiger partial charge in [-0.15, -0.1) is 11.3 Å².